The smallest absolute Gasteiger partial charge is 0.269 e. The van der Waals surface area contributed by atoms with Crippen molar-refractivity contribution in [3.8, 4) is 11.3 Å². The summed E-state index contributed by atoms with van der Waals surface area (Å²) >= 11 is 0. The van der Waals surface area contributed by atoms with Crippen molar-refractivity contribution in [1.29, 1.82) is 0 Å². The zero-order valence-corrected chi connectivity index (χ0v) is 18.4. The summed E-state index contributed by atoms with van der Waals surface area (Å²) < 4.78 is 44.2. The molecule has 1 aliphatic rings. The van der Waals surface area contributed by atoms with Gasteiger partial charge >= 0.3 is 0 Å². The van der Waals surface area contributed by atoms with Crippen LogP contribution in [0.15, 0.2) is 30.7 Å². The maximum atomic E-state index is 14.7. The SMILES string of the molecule is CNc1nc(NC2CCN(C(C)=O)CC2F)nn2ccc(-c3ccn4ncc(C(F)F)c4n3)c12. The van der Waals surface area contributed by atoms with Gasteiger partial charge in [0.1, 0.15) is 11.7 Å². The van der Waals surface area contributed by atoms with E-state index in [-0.39, 0.29) is 29.6 Å². The van der Waals surface area contributed by atoms with Gasteiger partial charge in [0.15, 0.2) is 11.5 Å². The molecule has 178 valence electrons. The Bertz CT molecular complexity index is 1370. The monoisotopic (exact) mass is 473 g/mol. The first-order valence-electron chi connectivity index (χ1n) is 10.7. The van der Waals surface area contributed by atoms with Crippen LogP contribution in [-0.2, 0) is 4.79 Å². The summed E-state index contributed by atoms with van der Waals surface area (Å²) in [5.74, 6) is 0.528. The highest BCUT2D eigenvalue weighted by Crippen LogP contribution is 2.31. The van der Waals surface area contributed by atoms with Gasteiger partial charge in [0.05, 0.1) is 30.0 Å². The molecule has 5 heterocycles. The molecule has 0 spiro atoms. The molecule has 2 N–H and O–H groups in total. The van der Waals surface area contributed by atoms with E-state index in [1.807, 2.05) is 0 Å². The molecule has 0 bridgehead atoms. The van der Waals surface area contributed by atoms with Gasteiger partial charge in [-0.15, -0.1) is 5.10 Å². The fourth-order valence-electron chi connectivity index (χ4n) is 4.18. The van der Waals surface area contributed by atoms with E-state index in [4.69, 9.17) is 0 Å². The Morgan fingerprint density at radius 2 is 2.00 bits per heavy atom. The van der Waals surface area contributed by atoms with E-state index in [9.17, 15) is 18.0 Å². The minimum Gasteiger partial charge on any atom is -0.371 e. The highest BCUT2D eigenvalue weighted by atomic mass is 19.3. The lowest BCUT2D eigenvalue weighted by Crippen LogP contribution is -2.49. The second-order valence-corrected chi connectivity index (χ2v) is 8.06. The Hall–Kier alpha value is -3.90. The van der Waals surface area contributed by atoms with Gasteiger partial charge in [-0.25, -0.2) is 27.2 Å². The minimum atomic E-state index is -2.70. The van der Waals surface area contributed by atoms with Gasteiger partial charge in [-0.1, -0.05) is 0 Å². The Kier molecular flexibility index (Phi) is 5.46. The number of likely N-dealkylation sites (tertiary alicyclic amines) is 1. The van der Waals surface area contributed by atoms with E-state index in [0.717, 1.165) is 6.20 Å². The van der Waals surface area contributed by atoms with E-state index >= 15 is 0 Å². The van der Waals surface area contributed by atoms with E-state index in [2.05, 4.69) is 30.8 Å². The number of nitrogens with zero attached hydrogens (tertiary/aromatic N) is 7. The van der Waals surface area contributed by atoms with Crippen LogP contribution in [0.2, 0.25) is 0 Å². The molecule has 1 saturated heterocycles. The van der Waals surface area contributed by atoms with Crippen LogP contribution >= 0.6 is 0 Å². The average molecular weight is 473 g/mol. The number of aromatic nitrogens is 6. The molecule has 0 saturated carbocycles. The zero-order valence-electron chi connectivity index (χ0n) is 18.4. The third-order valence-electron chi connectivity index (χ3n) is 5.96. The third kappa shape index (κ3) is 3.76. The molecule has 0 aromatic carbocycles. The quantitative estimate of drug-likeness (QED) is 0.459. The van der Waals surface area contributed by atoms with Crippen molar-refractivity contribution in [3.05, 3.63) is 36.3 Å². The van der Waals surface area contributed by atoms with E-state index in [1.165, 1.54) is 16.3 Å². The number of piperidine rings is 1. The van der Waals surface area contributed by atoms with Crippen molar-refractivity contribution in [2.45, 2.75) is 32.0 Å². The van der Waals surface area contributed by atoms with Gasteiger partial charge in [0.25, 0.3) is 6.43 Å². The van der Waals surface area contributed by atoms with Gasteiger partial charge in [-0.05, 0) is 18.6 Å². The number of amides is 1. The molecule has 34 heavy (non-hydrogen) atoms. The number of alkyl halides is 3. The molecule has 1 amide bonds. The lowest BCUT2D eigenvalue weighted by Gasteiger charge is -2.34. The minimum absolute atomic E-state index is 0.0190. The topological polar surface area (TPSA) is 105 Å². The van der Waals surface area contributed by atoms with Crippen LogP contribution in [0.5, 0.6) is 0 Å². The van der Waals surface area contributed by atoms with Gasteiger partial charge in [-0.3, -0.25) is 4.79 Å². The lowest BCUT2D eigenvalue weighted by molar-refractivity contribution is -0.131. The van der Waals surface area contributed by atoms with Crippen LogP contribution < -0.4 is 10.6 Å². The van der Waals surface area contributed by atoms with Crippen LogP contribution in [0.4, 0.5) is 24.9 Å². The fourth-order valence-corrected chi connectivity index (χ4v) is 4.18. The summed E-state index contributed by atoms with van der Waals surface area (Å²) in [5, 5.41) is 14.4. The highest BCUT2D eigenvalue weighted by Gasteiger charge is 2.31. The second kappa shape index (κ2) is 8.47. The fraction of sp³-hybridized carbons (Fsp3) is 0.381. The lowest BCUT2D eigenvalue weighted by atomic mass is 10.0. The van der Waals surface area contributed by atoms with E-state index in [1.54, 1.807) is 36.1 Å². The van der Waals surface area contributed by atoms with E-state index in [0.29, 0.717) is 35.6 Å². The number of carbonyl (C=O) groups is 1. The van der Waals surface area contributed by atoms with Gasteiger partial charge in [-0.2, -0.15) is 10.1 Å². The Morgan fingerprint density at radius 3 is 2.71 bits per heavy atom. The number of hydrogen-bond donors (Lipinski definition) is 2. The zero-order chi connectivity index (χ0) is 24.0. The van der Waals surface area contributed by atoms with Crippen molar-refractivity contribution < 1.29 is 18.0 Å². The second-order valence-electron chi connectivity index (χ2n) is 8.06. The predicted octanol–water partition coefficient (Wildman–Crippen LogP) is 2.79. The molecule has 0 aliphatic carbocycles. The number of anilines is 2. The highest BCUT2D eigenvalue weighted by molar-refractivity contribution is 5.87. The van der Waals surface area contributed by atoms with Crippen LogP contribution in [0.1, 0.15) is 25.3 Å². The van der Waals surface area contributed by atoms with Crippen LogP contribution in [0.25, 0.3) is 22.4 Å². The summed E-state index contributed by atoms with van der Waals surface area (Å²) in [7, 11) is 1.69. The Balaban J connectivity index is 1.48. The maximum Gasteiger partial charge on any atom is 0.269 e. The Labute approximate surface area is 191 Å². The summed E-state index contributed by atoms with van der Waals surface area (Å²) in [6, 6.07) is 2.90. The molecule has 10 nitrogen and oxygen atoms in total. The average Bonchev–Trinajstić information content (AvgIpc) is 3.43. The number of carbonyl (C=O) groups excluding carboxylic acids is 1. The van der Waals surface area contributed by atoms with Crippen LogP contribution in [0, 0.1) is 0 Å². The molecule has 13 heteroatoms. The maximum absolute atomic E-state index is 14.7. The summed E-state index contributed by atoms with van der Waals surface area (Å²) in [6.45, 7) is 1.89. The number of rotatable bonds is 5. The van der Waals surface area contributed by atoms with Crippen molar-refractivity contribution in [1.82, 2.24) is 34.1 Å². The largest absolute Gasteiger partial charge is 0.371 e. The first-order valence-corrected chi connectivity index (χ1v) is 10.7. The molecule has 2 atom stereocenters. The normalized spacial score (nSPS) is 18.7. The summed E-state index contributed by atoms with van der Waals surface area (Å²) in [5.41, 5.74) is 1.50. The number of hydrogen-bond acceptors (Lipinski definition) is 7. The molecule has 2 unspecified atom stereocenters. The van der Waals surface area contributed by atoms with Crippen molar-refractivity contribution in [2.75, 3.05) is 30.8 Å². The molecule has 1 fully saturated rings. The van der Waals surface area contributed by atoms with Crippen LogP contribution in [0.3, 0.4) is 0 Å². The predicted molar refractivity (Wildman–Crippen MR) is 119 cm³/mol. The molecular formula is C21H22F3N9O. The number of halogens is 3. The summed E-state index contributed by atoms with van der Waals surface area (Å²) in [6.07, 6.45) is 0.837. The Morgan fingerprint density at radius 1 is 1.21 bits per heavy atom. The standard InChI is InChI=1S/C21H22F3N9O/c1-11(34)31-6-4-16(14(22)10-31)28-21-29-19(25-2)17-12(3-7-32(17)30-21)15-5-8-33-20(27-15)13(9-26-33)18(23)24/h3,5,7-9,14,16,18H,4,6,10H2,1-2H3,(H2,25,28,29,30). The molecule has 4 aromatic heterocycles. The molecule has 4 aromatic rings. The van der Waals surface area contributed by atoms with E-state index < -0.39 is 18.6 Å². The van der Waals surface area contributed by atoms with Crippen molar-refractivity contribution in [2.24, 2.45) is 0 Å². The van der Waals surface area contributed by atoms with Gasteiger partial charge in [0, 0.05) is 38.5 Å². The molecule has 5 rings (SSSR count). The van der Waals surface area contributed by atoms with Crippen molar-refractivity contribution >= 4 is 28.8 Å². The van der Waals surface area contributed by atoms with Crippen molar-refractivity contribution in [3.63, 3.8) is 0 Å². The van der Waals surface area contributed by atoms with Gasteiger partial charge in [0.2, 0.25) is 11.9 Å². The number of nitrogens with one attached hydrogen (secondary N) is 2. The molecule has 0 radical (unpaired) electrons. The summed E-state index contributed by atoms with van der Waals surface area (Å²) in [4.78, 5) is 21.9. The van der Waals surface area contributed by atoms with Gasteiger partial charge < -0.3 is 15.5 Å². The third-order valence-corrected chi connectivity index (χ3v) is 5.96. The van der Waals surface area contributed by atoms with Crippen LogP contribution in [-0.4, -0.2) is 72.4 Å². The number of fused-ring (bicyclic) bond motifs is 2. The first-order chi connectivity index (χ1) is 16.4. The molecular weight excluding hydrogens is 451 g/mol. The molecule has 1 aliphatic heterocycles. The first kappa shape index (κ1) is 21.9.